The van der Waals surface area contributed by atoms with Crippen molar-refractivity contribution in [3.05, 3.63) is 81.1 Å². The van der Waals surface area contributed by atoms with E-state index in [0.29, 0.717) is 11.3 Å². The van der Waals surface area contributed by atoms with E-state index in [1.54, 1.807) is 0 Å². The lowest BCUT2D eigenvalue weighted by Crippen LogP contribution is -2.30. The number of para-hydroxylation sites is 1. The fraction of sp³-hybridized carbons (Fsp3) is 0.200. The Morgan fingerprint density at radius 2 is 1.85 bits per heavy atom. The summed E-state index contributed by atoms with van der Waals surface area (Å²) in [7, 11) is 0. The molecule has 2 aromatic carbocycles. The molecule has 1 aliphatic rings. The first-order chi connectivity index (χ1) is 16.0. The standard InChI is InChI=1S/C25H21N5O3/c1-2-29-20-6-4-3-5-17(20)18-12-15(7-10-21(18)29)27-23(31)14-11-19-22(26-13-14)30(16-8-9-16)25(33)28-24(19)32/h3-7,10-13,16H,2,8-9H2,1H3,(H,27,31)(H,28,32,33). The van der Waals surface area contributed by atoms with E-state index in [1.165, 1.54) is 16.8 Å². The van der Waals surface area contributed by atoms with Crippen LogP contribution in [0.15, 0.2) is 64.3 Å². The summed E-state index contributed by atoms with van der Waals surface area (Å²) in [5.41, 5.74) is 2.49. The van der Waals surface area contributed by atoms with Crippen molar-refractivity contribution in [3.8, 4) is 0 Å². The monoisotopic (exact) mass is 439 g/mol. The van der Waals surface area contributed by atoms with Crippen LogP contribution in [0.5, 0.6) is 0 Å². The van der Waals surface area contributed by atoms with Crippen molar-refractivity contribution in [2.24, 2.45) is 0 Å². The van der Waals surface area contributed by atoms with Gasteiger partial charge in [0.2, 0.25) is 0 Å². The summed E-state index contributed by atoms with van der Waals surface area (Å²) in [4.78, 5) is 44.2. The molecule has 8 nitrogen and oxygen atoms in total. The Morgan fingerprint density at radius 1 is 1.06 bits per heavy atom. The number of fused-ring (bicyclic) bond motifs is 4. The zero-order valence-corrected chi connectivity index (χ0v) is 18.0. The van der Waals surface area contributed by atoms with Gasteiger partial charge in [0.15, 0.2) is 0 Å². The van der Waals surface area contributed by atoms with Gasteiger partial charge in [0.05, 0.1) is 10.9 Å². The molecule has 1 amide bonds. The largest absolute Gasteiger partial charge is 0.341 e. The average Bonchev–Trinajstić information content (AvgIpc) is 3.60. The predicted molar refractivity (Wildman–Crippen MR) is 128 cm³/mol. The predicted octanol–water partition coefficient (Wildman–Crippen LogP) is 3.80. The summed E-state index contributed by atoms with van der Waals surface area (Å²) in [6, 6.07) is 15.6. The molecular weight excluding hydrogens is 418 g/mol. The minimum atomic E-state index is -0.539. The number of hydrogen-bond donors (Lipinski definition) is 2. The van der Waals surface area contributed by atoms with Gasteiger partial charge in [-0.25, -0.2) is 9.78 Å². The summed E-state index contributed by atoms with van der Waals surface area (Å²) in [5.74, 6) is -0.369. The third kappa shape index (κ3) is 3.06. The van der Waals surface area contributed by atoms with Crippen LogP contribution in [0.2, 0.25) is 0 Å². The number of nitrogens with zero attached hydrogens (tertiary/aromatic N) is 3. The van der Waals surface area contributed by atoms with Crippen molar-refractivity contribution < 1.29 is 4.79 Å². The highest BCUT2D eigenvalue weighted by molar-refractivity contribution is 6.11. The average molecular weight is 439 g/mol. The Labute approximate surface area is 187 Å². The minimum absolute atomic E-state index is 0.0565. The van der Waals surface area contributed by atoms with Crippen LogP contribution in [0.4, 0.5) is 5.69 Å². The Bertz CT molecular complexity index is 1710. The molecule has 5 aromatic rings. The Kier molecular flexibility index (Phi) is 4.23. The van der Waals surface area contributed by atoms with Crippen LogP contribution in [-0.2, 0) is 6.54 Å². The quantitative estimate of drug-likeness (QED) is 0.445. The lowest BCUT2D eigenvalue weighted by atomic mass is 10.1. The first-order valence-electron chi connectivity index (χ1n) is 11.0. The molecule has 1 aliphatic carbocycles. The molecule has 0 saturated heterocycles. The Morgan fingerprint density at radius 3 is 2.64 bits per heavy atom. The molecule has 2 N–H and O–H groups in total. The zero-order valence-electron chi connectivity index (χ0n) is 18.0. The van der Waals surface area contributed by atoms with Gasteiger partial charge in [-0.05, 0) is 50.1 Å². The van der Waals surface area contributed by atoms with Gasteiger partial charge in [0, 0.05) is 46.3 Å². The van der Waals surface area contributed by atoms with E-state index in [1.807, 2.05) is 30.3 Å². The highest BCUT2D eigenvalue weighted by Gasteiger charge is 2.27. The van der Waals surface area contributed by atoms with Crippen molar-refractivity contribution in [1.82, 2.24) is 19.1 Å². The molecule has 0 bridgehead atoms. The molecule has 8 heteroatoms. The number of aromatic nitrogens is 4. The highest BCUT2D eigenvalue weighted by atomic mass is 16.2. The van der Waals surface area contributed by atoms with Crippen molar-refractivity contribution in [2.45, 2.75) is 32.4 Å². The zero-order chi connectivity index (χ0) is 22.7. The summed E-state index contributed by atoms with van der Waals surface area (Å²) >= 11 is 0. The Balaban J connectivity index is 1.39. The first kappa shape index (κ1) is 19.5. The molecule has 33 heavy (non-hydrogen) atoms. The third-order valence-corrected chi connectivity index (χ3v) is 6.30. The number of rotatable bonds is 4. The maximum Gasteiger partial charge on any atom is 0.330 e. The van der Waals surface area contributed by atoms with E-state index in [9.17, 15) is 14.4 Å². The second kappa shape index (κ2) is 7.16. The number of anilines is 1. The molecule has 0 atom stereocenters. The molecule has 0 aliphatic heterocycles. The van der Waals surface area contributed by atoms with Gasteiger partial charge in [0.25, 0.3) is 11.5 Å². The van der Waals surface area contributed by atoms with Gasteiger partial charge in [-0.1, -0.05) is 18.2 Å². The molecule has 3 aromatic heterocycles. The van der Waals surface area contributed by atoms with Crippen molar-refractivity contribution >= 4 is 44.4 Å². The van der Waals surface area contributed by atoms with Gasteiger partial charge in [-0.3, -0.25) is 19.1 Å². The first-order valence-corrected chi connectivity index (χ1v) is 11.0. The number of hydrogen-bond acceptors (Lipinski definition) is 4. The van der Waals surface area contributed by atoms with Crippen molar-refractivity contribution in [2.75, 3.05) is 5.32 Å². The number of H-pyrrole nitrogens is 1. The number of pyridine rings is 1. The molecule has 164 valence electrons. The summed E-state index contributed by atoms with van der Waals surface area (Å²) in [6.07, 6.45) is 3.17. The van der Waals surface area contributed by atoms with E-state index >= 15 is 0 Å². The lowest BCUT2D eigenvalue weighted by molar-refractivity contribution is 0.102. The molecule has 0 radical (unpaired) electrons. The van der Waals surface area contributed by atoms with Gasteiger partial charge in [0.1, 0.15) is 5.65 Å². The minimum Gasteiger partial charge on any atom is -0.341 e. The lowest BCUT2D eigenvalue weighted by Gasteiger charge is -2.09. The normalized spacial score (nSPS) is 13.7. The van der Waals surface area contributed by atoms with E-state index in [0.717, 1.165) is 41.2 Å². The van der Waals surface area contributed by atoms with Crippen molar-refractivity contribution in [3.63, 3.8) is 0 Å². The topological polar surface area (TPSA) is 102 Å². The van der Waals surface area contributed by atoms with Crippen LogP contribution < -0.4 is 16.6 Å². The van der Waals surface area contributed by atoms with Crippen molar-refractivity contribution in [1.29, 1.82) is 0 Å². The molecule has 1 saturated carbocycles. The smallest absolute Gasteiger partial charge is 0.330 e. The molecule has 0 unspecified atom stereocenters. The van der Waals surface area contributed by atoms with Gasteiger partial charge in [-0.15, -0.1) is 0 Å². The van der Waals surface area contributed by atoms with E-state index < -0.39 is 11.2 Å². The fourth-order valence-electron chi connectivity index (χ4n) is 4.61. The second-order valence-corrected chi connectivity index (χ2v) is 8.40. The SMILES string of the molecule is CCn1c2ccccc2c2cc(NC(=O)c3cnc4c(c3)c(=O)[nH]c(=O)n4C3CC3)ccc21. The summed E-state index contributed by atoms with van der Waals surface area (Å²) in [6.45, 7) is 2.96. The van der Waals surface area contributed by atoms with Crippen LogP contribution in [-0.4, -0.2) is 25.0 Å². The number of carbonyl (C=O) groups excluding carboxylic acids is 1. The maximum atomic E-state index is 13.0. The van der Waals surface area contributed by atoms with Gasteiger partial charge in [-0.2, -0.15) is 0 Å². The Hall–Kier alpha value is -4.20. The maximum absolute atomic E-state index is 13.0. The molecule has 1 fully saturated rings. The van der Waals surface area contributed by atoms with Gasteiger partial charge < -0.3 is 9.88 Å². The highest BCUT2D eigenvalue weighted by Crippen LogP contribution is 2.35. The summed E-state index contributed by atoms with van der Waals surface area (Å²) < 4.78 is 3.75. The van der Waals surface area contributed by atoms with Crippen LogP contribution in [0.1, 0.15) is 36.2 Å². The van der Waals surface area contributed by atoms with Crippen LogP contribution in [0, 0.1) is 0 Å². The number of benzene rings is 2. The summed E-state index contributed by atoms with van der Waals surface area (Å²) in [5, 5.41) is 5.34. The number of nitrogens with one attached hydrogen (secondary N) is 2. The number of aryl methyl sites for hydroxylation is 1. The molecule has 3 heterocycles. The molecule has 6 rings (SSSR count). The van der Waals surface area contributed by atoms with E-state index in [-0.39, 0.29) is 22.9 Å². The second-order valence-electron chi connectivity index (χ2n) is 8.40. The fourth-order valence-corrected chi connectivity index (χ4v) is 4.61. The van der Waals surface area contributed by atoms with Crippen LogP contribution in [0.25, 0.3) is 32.8 Å². The molecule has 0 spiro atoms. The van der Waals surface area contributed by atoms with E-state index in [4.69, 9.17) is 0 Å². The van der Waals surface area contributed by atoms with Crippen LogP contribution >= 0.6 is 0 Å². The number of aromatic amines is 1. The molecular formula is C25H21N5O3. The van der Waals surface area contributed by atoms with Gasteiger partial charge >= 0.3 is 5.69 Å². The van der Waals surface area contributed by atoms with Crippen LogP contribution in [0.3, 0.4) is 0 Å². The number of amides is 1. The third-order valence-electron chi connectivity index (χ3n) is 6.30. The number of carbonyl (C=O) groups is 1. The van der Waals surface area contributed by atoms with E-state index in [2.05, 4.69) is 38.9 Å².